The average molecular weight is 188 g/mol. The van der Waals surface area contributed by atoms with E-state index in [1.165, 1.54) is 12.8 Å². The van der Waals surface area contributed by atoms with E-state index in [1.807, 2.05) is 13.8 Å². The lowest BCUT2D eigenvalue weighted by Crippen LogP contribution is -2.20. The van der Waals surface area contributed by atoms with Crippen LogP contribution in [0.1, 0.15) is 33.1 Å². The molecule has 3 N–H and O–H groups in total. The van der Waals surface area contributed by atoms with Crippen LogP contribution < -0.4 is 11.1 Å². The van der Waals surface area contributed by atoms with Crippen molar-refractivity contribution in [2.75, 3.05) is 26.2 Å². The summed E-state index contributed by atoms with van der Waals surface area (Å²) in [7, 11) is 0. The van der Waals surface area contributed by atoms with E-state index >= 15 is 0 Å². The topological polar surface area (TPSA) is 47.3 Å². The summed E-state index contributed by atoms with van der Waals surface area (Å²) in [6.45, 7) is 7.59. The monoisotopic (exact) mass is 188 g/mol. The van der Waals surface area contributed by atoms with Crippen LogP contribution in [0.4, 0.5) is 0 Å². The zero-order valence-corrected chi connectivity index (χ0v) is 9.01. The molecule has 0 aromatic heterocycles. The SMILES string of the molecule is CC.NCCO[C@@H]1CCCNCC1. The number of hydrogen-bond donors (Lipinski definition) is 2. The molecule has 0 unspecified atom stereocenters. The Morgan fingerprint density at radius 3 is 2.77 bits per heavy atom. The normalized spacial score (nSPS) is 22.8. The highest BCUT2D eigenvalue weighted by molar-refractivity contribution is 4.66. The van der Waals surface area contributed by atoms with Crippen LogP contribution in [0.2, 0.25) is 0 Å². The zero-order chi connectivity index (χ0) is 9.94. The van der Waals surface area contributed by atoms with Crippen molar-refractivity contribution in [2.24, 2.45) is 5.73 Å². The van der Waals surface area contributed by atoms with Gasteiger partial charge in [-0.25, -0.2) is 0 Å². The molecule has 0 bridgehead atoms. The first-order chi connectivity index (χ1) is 6.43. The third-order valence-corrected chi connectivity index (χ3v) is 1.99. The molecule has 0 aromatic carbocycles. The van der Waals surface area contributed by atoms with Gasteiger partial charge in [-0.15, -0.1) is 0 Å². The quantitative estimate of drug-likeness (QED) is 0.698. The van der Waals surface area contributed by atoms with E-state index < -0.39 is 0 Å². The Kier molecular flexibility index (Phi) is 9.87. The summed E-state index contributed by atoms with van der Waals surface area (Å²) in [5.41, 5.74) is 5.34. The molecule has 1 heterocycles. The first-order valence-corrected chi connectivity index (χ1v) is 5.46. The highest BCUT2D eigenvalue weighted by Crippen LogP contribution is 2.08. The van der Waals surface area contributed by atoms with Crippen LogP contribution in [-0.2, 0) is 4.74 Å². The van der Waals surface area contributed by atoms with Crippen LogP contribution in [-0.4, -0.2) is 32.3 Å². The van der Waals surface area contributed by atoms with Gasteiger partial charge in [0.15, 0.2) is 0 Å². The van der Waals surface area contributed by atoms with Crippen molar-refractivity contribution in [3.63, 3.8) is 0 Å². The molecule has 0 aliphatic carbocycles. The molecule has 0 aromatic rings. The third kappa shape index (κ3) is 6.99. The van der Waals surface area contributed by atoms with Gasteiger partial charge < -0.3 is 15.8 Å². The lowest BCUT2D eigenvalue weighted by Gasteiger charge is -2.13. The summed E-state index contributed by atoms with van der Waals surface area (Å²) in [4.78, 5) is 0. The Hall–Kier alpha value is -0.120. The Labute approximate surface area is 82.0 Å². The Morgan fingerprint density at radius 2 is 2.08 bits per heavy atom. The fraction of sp³-hybridized carbons (Fsp3) is 1.00. The Bertz CT molecular complexity index is 90.9. The average Bonchev–Trinajstić information content (AvgIpc) is 2.46. The van der Waals surface area contributed by atoms with Crippen molar-refractivity contribution in [2.45, 2.75) is 39.2 Å². The summed E-state index contributed by atoms with van der Waals surface area (Å²) < 4.78 is 5.55. The summed E-state index contributed by atoms with van der Waals surface area (Å²) in [6.07, 6.45) is 4.01. The van der Waals surface area contributed by atoms with E-state index in [0.717, 1.165) is 19.5 Å². The first-order valence-electron chi connectivity index (χ1n) is 5.46. The molecule has 1 saturated heterocycles. The molecule has 3 nitrogen and oxygen atoms in total. The summed E-state index contributed by atoms with van der Waals surface area (Å²) in [5, 5.41) is 3.34. The van der Waals surface area contributed by atoms with E-state index in [4.69, 9.17) is 10.5 Å². The van der Waals surface area contributed by atoms with Gasteiger partial charge in [-0.05, 0) is 32.4 Å². The molecule has 1 atom stereocenters. The standard InChI is InChI=1S/C8H18N2O.C2H6/c9-4-7-11-8-2-1-5-10-6-3-8;1-2/h8,10H,1-7,9H2;1-2H3/t8-;/m1./s1. The van der Waals surface area contributed by atoms with Gasteiger partial charge in [0.2, 0.25) is 0 Å². The van der Waals surface area contributed by atoms with Gasteiger partial charge in [-0.2, -0.15) is 0 Å². The predicted molar refractivity (Wildman–Crippen MR) is 56.9 cm³/mol. The van der Waals surface area contributed by atoms with Gasteiger partial charge in [0.1, 0.15) is 0 Å². The summed E-state index contributed by atoms with van der Waals surface area (Å²) >= 11 is 0. The molecule has 1 aliphatic heterocycles. The molecular weight excluding hydrogens is 164 g/mol. The van der Waals surface area contributed by atoms with Crippen LogP contribution in [0, 0.1) is 0 Å². The highest BCUT2D eigenvalue weighted by Gasteiger charge is 2.10. The molecule has 1 rings (SSSR count). The number of ether oxygens (including phenoxy) is 1. The van der Waals surface area contributed by atoms with Crippen LogP contribution in [0.3, 0.4) is 0 Å². The number of nitrogens with two attached hydrogens (primary N) is 1. The highest BCUT2D eigenvalue weighted by atomic mass is 16.5. The third-order valence-electron chi connectivity index (χ3n) is 1.99. The van der Waals surface area contributed by atoms with Crippen molar-refractivity contribution in [3.8, 4) is 0 Å². The number of hydrogen-bond acceptors (Lipinski definition) is 3. The molecule has 1 fully saturated rings. The Balaban J connectivity index is 0.000000671. The van der Waals surface area contributed by atoms with Crippen LogP contribution in [0.5, 0.6) is 0 Å². The molecule has 3 heteroatoms. The molecule has 0 radical (unpaired) electrons. The molecule has 0 spiro atoms. The van der Waals surface area contributed by atoms with Gasteiger partial charge in [0.25, 0.3) is 0 Å². The van der Waals surface area contributed by atoms with Gasteiger partial charge in [0, 0.05) is 6.54 Å². The van der Waals surface area contributed by atoms with Crippen LogP contribution in [0.15, 0.2) is 0 Å². The van der Waals surface area contributed by atoms with E-state index in [0.29, 0.717) is 19.3 Å². The molecule has 1 aliphatic rings. The fourth-order valence-electron chi connectivity index (χ4n) is 1.39. The molecule has 13 heavy (non-hydrogen) atoms. The van der Waals surface area contributed by atoms with E-state index in [-0.39, 0.29) is 0 Å². The predicted octanol–water partition coefficient (Wildman–Crippen LogP) is 1.13. The minimum Gasteiger partial charge on any atom is -0.377 e. The lowest BCUT2D eigenvalue weighted by molar-refractivity contribution is 0.0508. The second-order valence-corrected chi connectivity index (χ2v) is 2.96. The lowest BCUT2D eigenvalue weighted by atomic mass is 10.2. The maximum atomic E-state index is 5.55. The van der Waals surface area contributed by atoms with E-state index in [1.54, 1.807) is 0 Å². The smallest absolute Gasteiger partial charge is 0.0592 e. The maximum absolute atomic E-state index is 5.55. The largest absolute Gasteiger partial charge is 0.377 e. The minimum atomic E-state index is 0.452. The Morgan fingerprint density at radius 1 is 1.31 bits per heavy atom. The second-order valence-electron chi connectivity index (χ2n) is 2.96. The van der Waals surface area contributed by atoms with Crippen LogP contribution >= 0.6 is 0 Å². The summed E-state index contributed by atoms with van der Waals surface area (Å²) in [5.74, 6) is 0. The first kappa shape index (κ1) is 12.9. The number of nitrogens with one attached hydrogen (secondary N) is 1. The fourth-order valence-corrected chi connectivity index (χ4v) is 1.39. The molecular formula is C10H24N2O. The van der Waals surface area contributed by atoms with Crippen molar-refractivity contribution in [3.05, 3.63) is 0 Å². The van der Waals surface area contributed by atoms with Gasteiger partial charge in [-0.3, -0.25) is 0 Å². The minimum absolute atomic E-state index is 0.452. The molecule has 80 valence electrons. The molecule has 0 saturated carbocycles. The van der Waals surface area contributed by atoms with Gasteiger partial charge in [-0.1, -0.05) is 13.8 Å². The van der Waals surface area contributed by atoms with Crippen molar-refractivity contribution >= 4 is 0 Å². The van der Waals surface area contributed by atoms with E-state index in [9.17, 15) is 0 Å². The summed E-state index contributed by atoms with van der Waals surface area (Å²) in [6, 6.07) is 0. The molecule has 0 amide bonds. The number of rotatable bonds is 3. The van der Waals surface area contributed by atoms with Crippen molar-refractivity contribution in [1.82, 2.24) is 5.32 Å². The van der Waals surface area contributed by atoms with Crippen LogP contribution in [0.25, 0.3) is 0 Å². The maximum Gasteiger partial charge on any atom is 0.0592 e. The van der Waals surface area contributed by atoms with E-state index in [2.05, 4.69) is 5.32 Å². The van der Waals surface area contributed by atoms with Crippen molar-refractivity contribution < 1.29 is 4.74 Å². The second kappa shape index (κ2) is 9.96. The van der Waals surface area contributed by atoms with Crippen molar-refractivity contribution in [1.29, 1.82) is 0 Å². The zero-order valence-electron chi connectivity index (χ0n) is 9.01. The van der Waals surface area contributed by atoms with Gasteiger partial charge in [0.05, 0.1) is 12.7 Å². The van der Waals surface area contributed by atoms with Gasteiger partial charge >= 0.3 is 0 Å².